The van der Waals surface area contributed by atoms with Crippen LogP contribution in [0.15, 0.2) is 23.3 Å². The number of carbonyl (C=O) groups is 1. The monoisotopic (exact) mass is 278 g/mol. The lowest BCUT2D eigenvalue weighted by Crippen LogP contribution is -2.10. The topological polar surface area (TPSA) is 29.6 Å². The Labute approximate surface area is 124 Å². The number of ether oxygens (including phenoxy) is 1. The summed E-state index contributed by atoms with van der Waals surface area (Å²) in [5, 5.41) is 0. The van der Waals surface area contributed by atoms with Crippen LogP contribution in [0.1, 0.15) is 73.1 Å². The van der Waals surface area contributed by atoms with Gasteiger partial charge in [-0.25, -0.2) is 0 Å². The van der Waals surface area contributed by atoms with Gasteiger partial charge in [-0.05, 0) is 66.7 Å². The number of hydrogen-bond donors (Lipinski definition) is 0. The van der Waals surface area contributed by atoms with Crippen molar-refractivity contribution < 1.29 is 9.53 Å². The fraction of sp³-hybridized carbons (Fsp3) is 0.722. The van der Waals surface area contributed by atoms with Crippen molar-refractivity contribution in [1.29, 1.82) is 0 Å². The first-order valence-corrected chi connectivity index (χ1v) is 7.80. The van der Waals surface area contributed by atoms with Gasteiger partial charge in [0, 0.05) is 6.42 Å². The molecule has 1 fully saturated rings. The highest BCUT2D eigenvalue weighted by Crippen LogP contribution is 2.43. The molecule has 114 valence electrons. The van der Waals surface area contributed by atoms with Crippen LogP contribution >= 0.6 is 0 Å². The maximum absolute atomic E-state index is 11.0. The van der Waals surface area contributed by atoms with Crippen LogP contribution in [0.2, 0.25) is 0 Å². The highest BCUT2D eigenvalue weighted by Gasteiger charge is 2.50. The number of epoxide rings is 1. The van der Waals surface area contributed by atoms with Gasteiger partial charge in [-0.1, -0.05) is 23.3 Å². The molecule has 2 unspecified atom stereocenters. The molecule has 0 spiro atoms. The third kappa shape index (κ3) is 6.51. The zero-order valence-corrected chi connectivity index (χ0v) is 13.8. The van der Waals surface area contributed by atoms with Crippen LogP contribution in [0, 0.1) is 0 Å². The Morgan fingerprint density at radius 2 is 1.80 bits per heavy atom. The molecule has 0 aromatic carbocycles. The van der Waals surface area contributed by atoms with E-state index in [1.165, 1.54) is 11.1 Å². The van der Waals surface area contributed by atoms with E-state index >= 15 is 0 Å². The largest absolute Gasteiger partial charge is 0.366 e. The van der Waals surface area contributed by atoms with Crippen molar-refractivity contribution in [3.63, 3.8) is 0 Å². The molecule has 1 aliphatic heterocycles. The first-order chi connectivity index (χ1) is 9.33. The summed E-state index contributed by atoms with van der Waals surface area (Å²) >= 11 is 0. The van der Waals surface area contributed by atoms with Gasteiger partial charge in [-0.3, -0.25) is 0 Å². The molecule has 20 heavy (non-hydrogen) atoms. The van der Waals surface area contributed by atoms with Crippen LogP contribution in [0.4, 0.5) is 0 Å². The predicted molar refractivity (Wildman–Crippen MR) is 84.8 cm³/mol. The van der Waals surface area contributed by atoms with Gasteiger partial charge in [0.1, 0.15) is 5.78 Å². The van der Waals surface area contributed by atoms with Crippen molar-refractivity contribution in [2.75, 3.05) is 0 Å². The zero-order chi connectivity index (χ0) is 15.2. The van der Waals surface area contributed by atoms with E-state index in [1.54, 1.807) is 6.92 Å². The number of Topliss-reactive ketones (excluding diaryl/α,β-unsaturated/α-hetero) is 1. The first kappa shape index (κ1) is 17.2. The Morgan fingerprint density at radius 1 is 1.10 bits per heavy atom. The van der Waals surface area contributed by atoms with E-state index in [2.05, 4.69) is 39.8 Å². The highest BCUT2D eigenvalue weighted by molar-refractivity contribution is 5.75. The molecule has 2 atom stereocenters. The minimum Gasteiger partial charge on any atom is -0.366 e. The molecule has 2 heteroatoms. The summed E-state index contributed by atoms with van der Waals surface area (Å²) in [7, 11) is 0. The van der Waals surface area contributed by atoms with Gasteiger partial charge >= 0.3 is 0 Å². The van der Waals surface area contributed by atoms with E-state index in [4.69, 9.17) is 4.74 Å². The van der Waals surface area contributed by atoms with E-state index in [0.29, 0.717) is 12.5 Å². The molecule has 2 nitrogen and oxygen atoms in total. The van der Waals surface area contributed by atoms with Crippen LogP contribution < -0.4 is 0 Å². The van der Waals surface area contributed by atoms with Gasteiger partial charge in [-0.2, -0.15) is 0 Å². The fourth-order valence-corrected chi connectivity index (χ4v) is 2.51. The van der Waals surface area contributed by atoms with Crippen molar-refractivity contribution in [1.82, 2.24) is 0 Å². The lowest BCUT2D eigenvalue weighted by atomic mass is 9.97. The first-order valence-electron chi connectivity index (χ1n) is 7.80. The summed E-state index contributed by atoms with van der Waals surface area (Å²) in [6.45, 7) is 10.3. The standard InChI is InChI=1S/C18H30O2/c1-14(2)8-6-9-15(3)10-7-13-18(5)17(20-18)12-11-16(4)19/h8,10,17H,6-7,9,11-13H2,1-5H3/b15-10+. The molecule has 0 amide bonds. The molecule has 0 N–H and O–H groups in total. The summed E-state index contributed by atoms with van der Waals surface area (Å²) in [4.78, 5) is 11.0. The number of carbonyl (C=O) groups excluding carboxylic acids is 1. The minimum atomic E-state index is 0.0200. The second-order valence-electron chi connectivity index (χ2n) is 6.57. The molecular weight excluding hydrogens is 248 g/mol. The van der Waals surface area contributed by atoms with Crippen LogP contribution in [-0.2, 0) is 9.53 Å². The van der Waals surface area contributed by atoms with Crippen molar-refractivity contribution >= 4 is 5.78 Å². The second kappa shape index (κ2) is 7.78. The predicted octanol–water partition coefficient (Wildman–Crippen LogP) is 4.99. The number of allylic oxidation sites excluding steroid dienone is 4. The van der Waals surface area contributed by atoms with Crippen molar-refractivity contribution in [3.8, 4) is 0 Å². The van der Waals surface area contributed by atoms with Crippen LogP contribution in [0.3, 0.4) is 0 Å². The summed E-state index contributed by atoms with van der Waals surface area (Å²) < 4.78 is 5.76. The molecule has 0 saturated carbocycles. The SMILES string of the molecule is CC(=O)CCC1OC1(C)CC/C=C(\C)CCC=C(C)C. The van der Waals surface area contributed by atoms with E-state index in [0.717, 1.165) is 32.1 Å². The Kier molecular flexibility index (Phi) is 6.67. The molecular formula is C18H30O2. The summed E-state index contributed by atoms with van der Waals surface area (Å²) in [6, 6.07) is 0. The Balaban J connectivity index is 2.20. The Hall–Kier alpha value is -0.890. The normalized spacial score (nSPS) is 25.4. The third-order valence-electron chi connectivity index (χ3n) is 4.02. The lowest BCUT2D eigenvalue weighted by molar-refractivity contribution is -0.117. The second-order valence-corrected chi connectivity index (χ2v) is 6.57. The lowest BCUT2D eigenvalue weighted by Gasteiger charge is -2.05. The molecule has 1 saturated heterocycles. The molecule has 1 rings (SSSR count). The summed E-state index contributed by atoms with van der Waals surface area (Å²) in [5.74, 6) is 0.262. The van der Waals surface area contributed by atoms with Gasteiger partial charge < -0.3 is 9.53 Å². The minimum absolute atomic E-state index is 0.0200. The van der Waals surface area contributed by atoms with Gasteiger partial charge in [0.15, 0.2) is 0 Å². The fourth-order valence-electron chi connectivity index (χ4n) is 2.51. The number of ketones is 1. The van der Waals surface area contributed by atoms with Gasteiger partial charge in [0.25, 0.3) is 0 Å². The van der Waals surface area contributed by atoms with E-state index in [9.17, 15) is 4.79 Å². The summed E-state index contributed by atoms with van der Waals surface area (Å²) in [5.41, 5.74) is 2.88. The van der Waals surface area contributed by atoms with E-state index < -0.39 is 0 Å². The average molecular weight is 278 g/mol. The third-order valence-corrected chi connectivity index (χ3v) is 4.02. The van der Waals surface area contributed by atoms with Crippen molar-refractivity contribution in [2.45, 2.75) is 84.8 Å². The molecule has 0 radical (unpaired) electrons. The summed E-state index contributed by atoms with van der Waals surface area (Å²) in [6.07, 6.45) is 10.9. The number of hydrogen-bond acceptors (Lipinski definition) is 2. The Bertz CT molecular complexity index is 388. The van der Waals surface area contributed by atoms with Crippen molar-refractivity contribution in [2.24, 2.45) is 0 Å². The van der Waals surface area contributed by atoms with Gasteiger partial charge in [0.05, 0.1) is 11.7 Å². The van der Waals surface area contributed by atoms with Crippen LogP contribution in [0.5, 0.6) is 0 Å². The molecule has 0 aromatic rings. The van der Waals surface area contributed by atoms with Crippen LogP contribution in [0.25, 0.3) is 0 Å². The highest BCUT2D eigenvalue weighted by atomic mass is 16.6. The molecule has 1 heterocycles. The van der Waals surface area contributed by atoms with Gasteiger partial charge in [-0.15, -0.1) is 0 Å². The van der Waals surface area contributed by atoms with Gasteiger partial charge in [0.2, 0.25) is 0 Å². The maximum atomic E-state index is 11.0. The molecule has 0 aliphatic carbocycles. The average Bonchev–Trinajstić information content (AvgIpc) is 2.97. The quantitative estimate of drug-likeness (QED) is 0.439. The van der Waals surface area contributed by atoms with Crippen LogP contribution in [-0.4, -0.2) is 17.5 Å². The number of rotatable bonds is 9. The van der Waals surface area contributed by atoms with E-state index in [1.807, 2.05) is 0 Å². The zero-order valence-electron chi connectivity index (χ0n) is 13.8. The molecule has 1 aliphatic rings. The van der Waals surface area contributed by atoms with Crippen molar-refractivity contribution in [3.05, 3.63) is 23.3 Å². The Morgan fingerprint density at radius 3 is 2.40 bits per heavy atom. The molecule has 0 aromatic heterocycles. The maximum Gasteiger partial charge on any atom is 0.129 e. The molecule has 0 bridgehead atoms. The van der Waals surface area contributed by atoms with E-state index in [-0.39, 0.29) is 11.4 Å². The smallest absolute Gasteiger partial charge is 0.129 e.